The number of carboxylic acid groups (broad SMARTS) is 1. The second kappa shape index (κ2) is 11.1. The van der Waals surface area contributed by atoms with Crippen LogP contribution in [-0.2, 0) is 25.2 Å². The maximum absolute atomic E-state index is 12.5. The normalized spacial score (nSPS) is 21.1. The van der Waals surface area contributed by atoms with E-state index < -0.39 is 40.0 Å². The van der Waals surface area contributed by atoms with Crippen LogP contribution in [0.4, 0.5) is 0 Å². The van der Waals surface area contributed by atoms with Gasteiger partial charge in [-0.05, 0) is 12.5 Å². The van der Waals surface area contributed by atoms with E-state index in [0.29, 0.717) is 21.4 Å². The molecule has 0 spiro atoms. The zero-order valence-electron chi connectivity index (χ0n) is 15.9. The summed E-state index contributed by atoms with van der Waals surface area (Å²) in [5, 5.41) is 30.8. The molecule has 1 aromatic rings. The van der Waals surface area contributed by atoms with Crippen molar-refractivity contribution in [3.8, 4) is 6.07 Å². The molecule has 15 heteroatoms. The molecule has 30 heavy (non-hydrogen) atoms. The second-order valence-corrected chi connectivity index (χ2v) is 10.9. The molecule has 1 fully saturated rings. The minimum atomic E-state index is -1.64. The molecule has 3 heterocycles. The summed E-state index contributed by atoms with van der Waals surface area (Å²) in [6, 6.07) is 0.807. The summed E-state index contributed by atoms with van der Waals surface area (Å²) >= 11 is 4.06. The van der Waals surface area contributed by atoms with Crippen LogP contribution in [0.5, 0.6) is 0 Å². The number of carbonyl (C=O) groups is 3. The molecule has 2 amide bonds. The summed E-state index contributed by atoms with van der Waals surface area (Å²) in [6.45, 7) is 1.82. The molecule has 10 nitrogen and oxygen atoms in total. The van der Waals surface area contributed by atoms with Gasteiger partial charge in [0.05, 0.1) is 17.7 Å². The smallest absolute Gasteiger partial charge is 0.543 e. The van der Waals surface area contributed by atoms with Crippen LogP contribution in [0.3, 0.4) is 0 Å². The number of β-lactam (4-membered cyclic amide) rings is 1. The zero-order chi connectivity index (χ0) is 21.1. The van der Waals surface area contributed by atoms with Gasteiger partial charge < -0.3 is 15.2 Å². The van der Waals surface area contributed by atoms with Crippen LogP contribution in [-0.4, -0.2) is 71.5 Å². The minimum Gasteiger partial charge on any atom is -0.543 e. The molecule has 0 aromatic carbocycles. The number of rotatable bonds is 8. The van der Waals surface area contributed by atoms with E-state index in [0.717, 1.165) is 9.91 Å². The Bertz CT molecular complexity index is 961. The first kappa shape index (κ1) is 25.3. The molecule has 2 aliphatic heterocycles. The van der Waals surface area contributed by atoms with Gasteiger partial charge in [0.15, 0.2) is 4.34 Å². The van der Waals surface area contributed by atoms with E-state index in [4.69, 9.17) is 5.26 Å². The van der Waals surface area contributed by atoms with Crippen LogP contribution >= 0.6 is 34.9 Å². The first-order chi connectivity index (χ1) is 13.8. The van der Waals surface area contributed by atoms with E-state index in [2.05, 4.69) is 15.5 Å². The van der Waals surface area contributed by atoms with Gasteiger partial charge in [0, 0.05) is 22.3 Å². The summed E-state index contributed by atoms with van der Waals surface area (Å²) < 4.78 is 12.2. The SMILES string of the molecule is Cc1nnc(SCC2=C(C(=O)[O-])N3C(=O)[C@@H](NC(=O)CS(=O)CC#N)[C@H]3SC2)s1.[Na+]. The quantitative estimate of drug-likeness (QED) is 0.212. The number of nitrogens with zero attached hydrogens (tertiary/aromatic N) is 4. The number of hydrogen-bond donors (Lipinski definition) is 1. The van der Waals surface area contributed by atoms with E-state index in [1.54, 1.807) is 6.07 Å². The summed E-state index contributed by atoms with van der Waals surface area (Å²) in [4.78, 5) is 37.3. The number of nitriles is 1. The van der Waals surface area contributed by atoms with Gasteiger partial charge in [-0.1, -0.05) is 23.1 Å². The summed E-state index contributed by atoms with van der Waals surface area (Å²) in [7, 11) is -1.64. The molecule has 3 atom stereocenters. The molecule has 0 bridgehead atoms. The second-order valence-electron chi connectivity index (χ2n) is 5.96. The number of aromatic nitrogens is 2. The fourth-order valence-electron chi connectivity index (χ4n) is 2.75. The molecule has 1 aromatic heterocycles. The van der Waals surface area contributed by atoms with Crippen molar-refractivity contribution in [1.29, 1.82) is 5.26 Å². The Kier molecular flexibility index (Phi) is 9.34. The van der Waals surface area contributed by atoms with Crippen molar-refractivity contribution in [2.75, 3.05) is 23.0 Å². The number of carbonyl (C=O) groups excluding carboxylic acids is 3. The van der Waals surface area contributed by atoms with Crippen molar-refractivity contribution in [3.05, 3.63) is 16.3 Å². The standard InChI is InChI=1S/C15H15N5O5S4.Na/c1-7-18-19-15(28-7)27-5-8-4-26-13-10(12(22)20(13)11(8)14(23)24)17-9(21)6-29(25)3-2-16;/h10,13H,3-6H2,1H3,(H,17,21)(H,23,24);/q;+1/p-1/t10-,13-,29?;/m1./s1. The number of carboxylic acids is 1. The van der Waals surface area contributed by atoms with Crippen molar-refractivity contribution in [2.45, 2.75) is 22.7 Å². The maximum atomic E-state index is 12.5. The van der Waals surface area contributed by atoms with Crippen molar-refractivity contribution >= 4 is 63.4 Å². The number of amides is 2. The third kappa shape index (κ3) is 5.64. The first-order valence-electron chi connectivity index (χ1n) is 8.14. The van der Waals surface area contributed by atoms with Crippen LogP contribution in [0.15, 0.2) is 15.6 Å². The topological polar surface area (TPSA) is 156 Å². The molecule has 2 aliphatic rings. The average Bonchev–Trinajstić information content (AvgIpc) is 3.08. The number of thioether (sulfide) groups is 2. The van der Waals surface area contributed by atoms with Gasteiger partial charge in [0.1, 0.15) is 27.9 Å². The summed E-state index contributed by atoms with van der Waals surface area (Å²) in [5.41, 5.74) is 0.364. The average molecular weight is 496 g/mol. The van der Waals surface area contributed by atoms with Crippen molar-refractivity contribution in [3.63, 3.8) is 0 Å². The third-order valence-electron chi connectivity index (χ3n) is 3.95. The van der Waals surface area contributed by atoms with Gasteiger partial charge in [0.25, 0.3) is 5.91 Å². The molecule has 0 radical (unpaired) electrons. The molecule has 1 unspecified atom stereocenters. The third-order valence-corrected chi connectivity index (χ3v) is 8.39. The monoisotopic (exact) mass is 495 g/mol. The van der Waals surface area contributed by atoms with Crippen LogP contribution < -0.4 is 40.0 Å². The Balaban J connectivity index is 0.00000320. The maximum Gasteiger partial charge on any atom is 1.00 e. The molecule has 3 rings (SSSR count). The van der Waals surface area contributed by atoms with Crippen molar-refractivity contribution in [2.24, 2.45) is 0 Å². The Morgan fingerprint density at radius 3 is 2.80 bits per heavy atom. The van der Waals surface area contributed by atoms with E-state index in [1.807, 2.05) is 6.92 Å². The molecular formula is C15H14N5NaO5S4. The Morgan fingerprint density at radius 2 is 2.20 bits per heavy atom. The van der Waals surface area contributed by atoms with Crippen LogP contribution in [0, 0.1) is 18.3 Å². The van der Waals surface area contributed by atoms with Gasteiger partial charge in [-0.25, -0.2) is 0 Å². The zero-order valence-corrected chi connectivity index (χ0v) is 21.2. The van der Waals surface area contributed by atoms with Crippen molar-refractivity contribution in [1.82, 2.24) is 20.4 Å². The molecule has 0 saturated carbocycles. The van der Waals surface area contributed by atoms with Gasteiger partial charge in [-0.2, -0.15) is 5.26 Å². The molecule has 154 valence electrons. The summed E-state index contributed by atoms with van der Waals surface area (Å²) in [6.07, 6.45) is 0. The van der Waals surface area contributed by atoms with E-state index in [-0.39, 0.29) is 46.8 Å². The van der Waals surface area contributed by atoms with Crippen LogP contribution in [0.2, 0.25) is 0 Å². The predicted octanol–water partition coefficient (Wildman–Crippen LogP) is -4.38. The van der Waals surface area contributed by atoms with Crippen molar-refractivity contribution < 1.29 is 53.3 Å². The molecule has 0 aliphatic carbocycles. The Morgan fingerprint density at radius 1 is 1.47 bits per heavy atom. The van der Waals surface area contributed by atoms with Crippen LogP contribution in [0.1, 0.15) is 5.01 Å². The molecular weight excluding hydrogens is 481 g/mol. The fourth-order valence-corrected chi connectivity index (χ4v) is 6.68. The molecule has 1 saturated heterocycles. The first-order valence-corrected chi connectivity index (χ1v) is 12.5. The summed E-state index contributed by atoms with van der Waals surface area (Å²) in [5.74, 6) is -2.61. The minimum absolute atomic E-state index is 0. The Hall–Kier alpha value is -0.950. The number of nitrogens with one attached hydrogen (secondary N) is 1. The fraction of sp³-hybridized carbons (Fsp3) is 0.467. The van der Waals surface area contributed by atoms with Gasteiger partial charge in [-0.15, -0.1) is 22.0 Å². The molecule has 1 N–H and O–H groups in total. The van der Waals surface area contributed by atoms with E-state index in [9.17, 15) is 23.7 Å². The number of fused-ring (bicyclic) bond motifs is 1. The van der Waals surface area contributed by atoms with E-state index in [1.165, 1.54) is 34.9 Å². The number of hydrogen-bond acceptors (Lipinski definition) is 11. The van der Waals surface area contributed by atoms with Gasteiger partial charge in [-0.3, -0.25) is 18.7 Å². The van der Waals surface area contributed by atoms with Gasteiger partial charge in [0.2, 0.25) is 5.91 Å². The van der Waals surface area contributed by atoms with Crippen LogP contribution in [0.25, 0.3) is 0 Å². The number of aryl methyl sites for hydroxylation is 1. The van der Waals surface area contributed by atoms with Gasteiger partial charge >= 0.3 is 29.6 Å². The number of aliphatic carboxylic acids is 1. The largest absolute Gasteiger partial charge is 1.00 e. The van der Waals surface area contributed by atoms with E-state index >= 15 is 0 Å². The Labute approximate surface area is 209 Å². The predicted molar refractivity (Wildman–Crippen MR) is 106 cm³/mol.